The van der Waals surface area contributed by atoms with Crippen molar-refractivity contribution in [1.82, 2.24) is 5.32 Å². The standard InChI is InChI=1S/C8H11NO6/c1-14-6(10)2-4-8(13)15-5(3-9-4)7(11)12/h4-5,9H,2-3H2,1H3,(H,11,12). The zero-order valence-corrected chi connectivity index (χ0v) is 8.06. The van der Waals surface area contributed by atoms with Crippen LogP contribution < -0.4 is 5.32 Å². The lowest BCUT2D eigenvalue weighted by Gasteiger charge is -2.26. The van der Waals surface area contributed by atoms with Crippen molar-refractivity contribution in [3.05, 3.63) is 0 Å². The molecule has 15 heavy (non-hydrogen) atoms. The lowest BCUT2D eigenvalue weighted by atomic mass is 10.1. The van der Waals surface area contributed by atoms with Crippen LogP contribution in [0.4, 0.5) is 0 Å². The maximum absolute atomic E-state index is 11.2. The molecule has 0 aromatic heterocycles. The fraction of sp³-hybridized carbons (Fsp3) is 0.625. The molecule has 1 fully saturated rings. The largest absolute Gasteiger partial charge is 0.478 e. The van der Waals surface area contributed by atoms with Crippen molar-refractivity contribution in [3.63, 3.8) is 0 Å². The van der Waals surface area contributed by atoms with Gasteiger partial charge < -0.3 is 14.6 Å². The van der Waals surface area contributed by atoms with Crippen molar-refractivity contribution in [2.24, 2.45) is 0 Å². The first-order valence-corrected chi connectivity index (χ1v) is 4.28. The number of morpholine rings is 1. The molecule has 0 amide bonds. The Balaban J connectivity index is 2.49. The van der Waals surface area contributed by atoms with Gasteiger partial charge in [0.25, 0.3) is 0 Å². The molecule has 0 aromatic carbocycles. The van der Waals surface area contributed by atoms with Crippen LogP contribution in [0, 0.1) is 0 Å². The topological polar surface area (TPSA) is 102 Å². The van der Waals surface area contributed by atoms with Gasteiger partial charge in [-0.2, -0.15) is 0 Å². The van der Waals surface area contributed by atoms with E-state index in [1.54, 1.807) is 0 Å². The molecule has 2 unspecified atom stereocenters. The number of carbonyl (C=O) groups is 3. The summed E-state index contributed by atoms with van der Waals surface area (Å²) < 4.78 is 8.97. The number of aliphatic carboxylic acids is 1. The summed E-state index contributed by atoms with van der Waals surface area (Å²) in [5.74, 6) is -2.52. The molecule has 0 aromatic rings. The van der Waals surface area contributed by atoms with Crippen LogP contribution in [0.2, 0.25) is 0 Å². The highest BCUT2D eigenvalue weighted by Crippen LogP contribution is 2.07. The summed E-state index contributed by atoms with van der Waals surface area (Å²) in [6.45, 7) is -0.0112. The smallest absolute Gasteiger partial charge is 0.346 e. The average molecular weight is 217 g/mol. The number of esters is 2. The number of cyclic esters (lactones) is 1. The van der Waals surface area contributed by atoms with Crippen molar-refractivity contribution in [2.45, 2.75) is 18.6 Å². The highest BCUT2D eigenvalue weighted by Gasteiger charge is 2.34. The Labute approximate surface area is 85.3 Å². The molecule has 2 atom stereocenters. The molecule has 0 spiro atoms. The van der Waals surface area contributed by atoms with Crippen LogP contribution in [0.1, 0.15) is 6.42 Å². The van der Waals surface area contributed by atoms with Crippen LogP contribution >= 0.6 is 0 Å². The summed E-state index contributed by atoms with van der Waals surface area (Å²) in [5, 5.41) is 11.2. The zero-order valence-electron chi connectivity index (χ0n) is 8.06. The van der Waals surface area contributed by atoms with Gasteiger partial charge in [-0.1, -0.05) is 0 Å². The van der Waals surface area contributed by atoms with E-state index < -0.39 is 30.1 Å². The molecule has 7 heteroatoms. The van der Waals surface area contributed by atoms with E-state index in [0.717, 1.165) is 0 Å². The molecule has 0 saturated carbocycles. The first-order valence-electron chi connectivity index (χ1n) is 4.28. The number of methoxy groups -OCH3 is 1. The second kappa shape index (κ2) is 4.74. The third-order valence-electron chi connectivity index (χ3n) is 1.97. The fourth-order valence-electron chi connectivity index (χ4n) is 1.14. The van der Waals surface area contributed by atoms with Gasteiger partial charge in [0.1, 0.15) is 6.04 Å². The minimum Gasteiger partial charge on any atom is -0.478 e. The van der Waals surface area contributed by atoms with E-state index in [1.807, 2.05) is 0 Å². The highest BCUT2D eigenvalue weighted by atomic mass is 16.6. The predicted octanol–water partition coefficient (Wildman–Crippen LogP) is -1.48. The molecule has 1 aliphatic heterocycles. The Kier molecular flexibility index (Phi) is 3.62. The molecule has 1 rings (SSSR count). The Morgan fingerprint density at radius 1 is 1.67 bits per heavy atom. The van der Waals surface area contributed by atoms with Gasteiger partial charge in [0.05, 0.1) is 13.5 Å². The minimum atomic E-state index is -1.22. The fourth-order valence-corrected chi connectivity index (χ4v) is 1.14. The van der Waals surface area contributed by atoms with Gasteiger partial charge in [0, 0.05) is 6.54 Å². The maximum Gasteiger partial charge on any atom is 0.346 e. The van der Waals surface area contributed by atoms with Crippen molar-refractivity contribution in [3.8, 4) is 0 Å². The van der Waals surface area contributed by atoms with Gasteiger partial charge in [0.15, 0.2) is 0 Å². The van der Waals surface area contributed by atoms with E-state index in [9.17, 15) is 14.4 Å². The van der Waals surface area contributed by atoms with E-state index in [2.05, 4.69) is 14.8 Å². The molecule has 2 N–H and O–H groups in total. The van der Waals surface area contributed by atoms with E-state index >= 15 is 0 Å². The van der Waals surface area contributed by atoms with Crippen LogP contribution in [-0.4, -0.2) is 48.8 Å². The van der Waals surface area contributed by atoms with Crippen LogP contribution in [0.3, 0.4) is 0 Å². The number of carbonyl (C=O) groups excluding carboxylic acids is 2. The first kappa shape index (κ1) is 11.4. The van der Waals surface area contributed by atoms with Gasteiger partial charge >= 0.3 is 17.9 Å². The minimum absolute atomic E-state index is 0.0112. The van der Waals surface area contributed by atoms with E-state index in [-0.39, 0.29) is 13.0 Å². The predicted molar refractivity (Wildman–Crippen MR) is 45.9 cm³/mol. The van der Waals surface area contributed by atoms with Gasteiger partial charge in [-0.25, -0.2) is 4.79 Å². The Hall–Kier alpha value is -1.63. The van der Waals surface area contributed by atoms with Crippen molar-refractivity contribution < 1.29 is 29.0 Å². The summed E-state index contributed by atoms with van der Waals surface area (Å²) in [5.41, 5.74) is 0. The Morgan fingerprint density at radius 2 is 2.33 bits per heavy atom. The van der Waals surface area contributed by atoms with Crippen molar-refractivity contribution in [2.75, 3.05) is 13.7 Å². The number of hydrogen-bond donors (Lipinski definition) is 2. The van der Waals surface area contributed by atoms with Gasteiger partial charge in [-0.15, -0.1) is 0 Å². The number of hydrogen-bond acceptors (Lipinski definition) is 6. The monoisotopic (exact) mass is 217 g/mol. The third kappa shape index (κ3) is 2.91. The Morgan fingerprint density at radius 3 is 2.80 bits per heavy atom. The normalized spacial score (nSPS) is 25.5. The zero-order chi connectivity index (χ0) is 11.4. The molecule has 0 aliphatic carbocycles. The molecular formula is C8H11NO6. The molecule has 84 valence electrons. The van der Waals surface area contributed by atoms with Gasteiger partial charge in [-0.05, 0) is 0 Å². The quantitative estimate of drug-likeness (QED) is 0.555. The van der Waals surface area contributed by atoms with E-state index in [4.69, 9.17) is 5.11 Å². The summed E-state index contributed by atoms with van der Waals surface area (Å²) in [6, 6.07) is -0.826. The van der Waals surface area contributed by atoms with Crippen LogP contribution in [0.5, 0.6) is 0 Å². The maximum atomic E-state index is 11.2. The first-order chi connectivity index (χ1) is 7.04. The average Bonchev–Trinajstić information content (AvgIpc) is 2.20. The molecular weight excluding hydrogens is 206 g/mol. The number of carboxylic acid groups (broad SMARTS) is 1. The van der Waals surface area contributed by atoms with Crippen LogP contribution in [-0.2, 0) is 23.9 Å². The van der Waals surface area contributed by atoms with Crippen LogP contribution in [0.25, 0.3) is 0 Å². The van der Waals surface area contributed by atoms with Gasteiger partial charge in [0.2, 0.25) is 6.10 Å². The molecule has 1 saturated heterocycles. The van der Waals surface area contributed by atoms with Crippen molar-refractivity contribution >= 4 is 17.9 Å². The summed E-state index contributed by atoms with van der Waals surface area (Å²) in [7, 11) is 1.20. The second-order valence-electron chi connectivity index (χ2n) is 3.00. The van der Waals surface area contributed by atoms with E-state index in [0.29, 0.717) is 0 Å². The van der Waals surface area contributed by atoms with Crippen molar-refractivity contribution in [1.29, 1.82) is 0 Å². The summed E-state index contributed by atoms with van der Waals surface area (Å²) in [6.07, 6.45) is -1.35. The molecule has 0 bridgehead atoms. The van der Waals surface area contributed by atoms with Crippen LogP contribution in [0.15, 0.2) is 0 Å². The Bertz CT molecular complexity index is 289. The SMILES string of the molecule is COC(=O)CC1NCC(C(=O)O)OC1=O. The highest BCUT2D eigenvalue weighted by molar-refractivity contribution is 5.86. The third-order valence-corrected chi connectivity index (χ3v) is 1.97. The molecule has 1 aliphatic rings. The number of rotatable bonds is 3. The second-order valence-corrected chi connectivity index (χ2v) is 3.00. The summed E-state index contributed by atoms with van der Waals surface area (Å²) in [4.78, 5) is 32.5. The molecule has 0 radical (unpaired) electrons. The van der Waals surface area contributed by atoms with E-state index in [1.165, 1.54) is 7.11 Å². The number of ether oxygens (including phenoxy) is 2. The summed E-state index contributed by atoms with van der Waals surface area (Å²) >= 11 is 0. The molecule has 1 heterocycles. The van der Waals surface area contributed by atoms with Gasteiger partial charge in [-0.3, -0.25) is 14.9 Å². The number of nitrogens with one attached hydrogen (secondary N) is 1. The lowest BCUT2D eigenvalue weighted by molar-refractivity contribution is -0.170. The molecule has 7 nitrogen and oxygen atoms in total. The number of carboxylic acids is 1. The lowest BCUT2D eigenvalue weighted by Crippen LogP contribution is -2.53.